The number of nitrogens with zero attached hydrogens (tertiary/aromatic N) is 2. The molecule has 2 fully saturated rings. The van der Waals surface area contributed by atoms with Gasteiger partial charge >= 0.3 is 0 Å². The molecule has 3 rings (SSSR count). The van der Waals surface area contributed by atoms with Crippen molar-refractivity contribution in [1.29, 1.82) is 0 Å². The van der Waals surface area contributed by atoms with Crippen LogP contribution in [-0.4, -0.2) is 57.4 Å². The van der Waals surface area contributed by atoms with Crippen LogP contribution in [0, 0.1) is 0 Å². The highest BCUT2D eigenvalue weighted by Gasteiger charge is 2.18. The average molecular weight is 387 g/mol. The molecule has 6 nitrogen and oxygen atoms in total. The molecule has 2 aliphatic rings. The molecule has 1 aromatic heterocycles. The summed E-state index contributed by atoms with van der Waals surface area (Å²) in [6.45, 7) is 4.92. The molecular weight excluding hydrogens is 364 g/mol. The molecule has 0 aliphatic carbocycles. The maximum Gasteiger partial charge on any atom is 0.237 e. The predicted octanol–water partition coefficient (Wildman–Crippen LogP) is 2.60. The standard InChI is InChI=1S/C16H23BrN2O4/c17-13-11-14(19-4-7-20-8-5-19)16(18-12-13)23-10-9-22-15-3-1-2-6-21-15/h11-12,15H,1-10H2. The summed E-state index contributed by atoms with van der Waals surface area (Å²) in [4.78, 5) is 6.64. The summed E-state index contributed by atoms with van der Waals surface area (Å²) in [5, 5.41) is 0. The molecule has 2 saturated heterocycles. The molecule has 0 spiro atoms. The van der Waals surface area contributed by atoms with Gasteiger partial charge in [0.15, 0.2) is 6.29 Å². The van der Waals surface area contributed by atoms with E-state index < -0.39 is 0 Å². The Morgan fingerprint density at radius 2 is 2.09 bits per heavy atom. The van der Waals surface area contributed by atoms with Gasteiger partial charge in [-0.25, -0.2) is 4.98 Å². The lowest BCUT2D eigenvalue weighted by Crippen LogP contribution is -2.36. The molecular formula is C16H23BrN2O4. The van der Waals surface area contributed by atoms with Crippen molar-refractivity contribution in [2.24, 2.45) is 0 Å². The Hall–Kier alpha value is -0.890. The van der Waals surface area contributed by atoms with Crippen molar-refractivity contribution in [3.63, 3.8) is 0 Å². The number of ether oxygens (including phenoxy) is 4. The van der Waals surface area contributed by atoms with Crippen molar-refractivity contribution in [3.8, 4) is 5.88 Å². The van der Waals surface area contributed by atoms with Crippen LogP contribution < -0.4 is 9.64 Å². The number of hydrogen-bond acceptors (Lipinski definition) is 6. The molecule has 0 bridgehead atoms. The molecule has 1 unspecified atom stereocenters. The summed E-state index contributed by atoms with van der Waals surface area (Å²) in [5.74, 6) is 0.642. The van der Waals surface area contributed by atoms with Crippen LogP contribution in [0.3, 0.4) is 0 Å². The third kappa shape index (κ3) is 5.04. The Bertz CT molecular complexity index is 491. The molecule has 1 atom stereocenters. The van der Waals surface area contributed by atoms with Crippen molar-refractivity contribution in [1.82, 2.24) is 4.98 Å². The number of pyridine rings is 1. The Labute approximate surface area is 145 Å². The van der Waals surface area contributed by atoms with Crippen LogP contribution in [0.2, 0.25) is 0 Å². The van der Waals surface area contributed by atoms with E-state index >= 15 is 0 Å². The zero-order valence-corrected chi connectivity index (χ0v) is 14.8. The first kappa shape index (κ1) is 17.0. The fraction of sp³-hybridized carbons (Fsp3) is 0.688. The number of halogens is 1. The molecule has 128 valence electrons. The maximum atomic E-state index is 5.84. The minimum absolute atomic E-state index is 0.0797. The third-order valence-electron chi connectivity index (χ3n) is 3.91. The molecule has 1 aromatic rings. The number of anilines is 1. The van der Waals surface area contributed by atoms with Gasteiger partial charge in [0, 0.05) is 30.4 Å². The second-order valence-electron chi connectivity index (χ2n) is 5.59. The van der Waals surface area contributed by atoms with Gasteiger partial charge in [0.2, 0.25) is 5.88 Å². The minimum atomic E-state index is -0.0797. The third-order valence-corrected chi connectivity index (χ3v) is 4.35. The second kappa shape index (κ2) is 8.82. The molecule has 2 aliphatic heterocycles. The highest BCUT2D eigenvalue weighted by atomic mass is 79.9. The van der Waals surface area contributed by atoms with Gasteiger partial charge in [0.05, 0.1) is 19.8 Å². The summed E-state index contributed by atoms with van der Waals surface area (Å²) in [5.41, 5.74) is 0.997. The normalized spacial score (nSPS) is 22.1. The van der Waals surface area contributed by atoms with Crippen molar-refractivity contribution >= 4 is 21.6 Å². The average Bonchev–Trinajstić information content (AvgIpc) is 2.61. The van der Waals surface area contributed by atoms with E-state index in [1.165, 1.54) is 6.42 Å². The lowest BCUT2D eigenvalue weighted by molar-refractivity contribution is -0.165. The summed E-state index contributed by atoms with van der Waals surface area (Å²) >= 11 is 3.48. The Morgan fingerprint density at radius 1 is 1.22 bits per heavy atom. The zero-order valence-electron chi connectivity index (χ0n) is 13.2. The Morgan fingerprint density at radius 3 is 2.87 bits per heavy atom. The number of morpholine rings is 1. The number of aromatic nitrogens is 1. The summed E-state index contributed by atoms with van der Waals surface area (Å²) in [7, 11) is 0. The topological polar surface area (TPSA) is 53.0 Å². The molecule has 0 radical (unpaired) electrons. The highest BCUT2D eigenvalue weighted by Crippen LogP contribution is 2.29. The van der Waals surface area contributed by atoms with Gasteiger partial charge < -0.3 is 23.8 Å². The lowest BCUT2D eigenvalue weighted by Gasteiger charge is -2.29. The fourth-order valence-corrected chi connectivity index (χ4v) is 3.04. The lowest BCUT2D eigenvalue weighted by atomic mass is 10.2. The SMILES string of the molecule is Brc1cnc(OCCOC2CCCCO2)c(N2CCOCC2)c1. The predicted molar refractivity (Wildman–Crippen MR) is 90.0 cm³/mol. The summed E-state index contributed by atoms with van der Waals surface area (Å²) in [6, 6.07) is 2.04. The van der Waals surface area contributed by atoms with Crippen LogP contribution in [0.1, 0.15) is 19.3 Å². The van der Waals surface area contributed by atoms with E-state index in [1.807, 2.05) is 6.07 Å². The first-order chi connectivity index (χ1) is 11.3. The largest absolute Gasteiger partial charge is 0.474 e. The van der Waals surface area contributed by atoms with Gasteiger partial charge in [0.1, 0.15) is 12.3 Å². The van der Waals surface area contributed by atoms with Gasteiger partial charge in [-0.05, 0) is 41.3 Å². The maximum absolute atomic E-state index is 5.84. The van der Waals surface area contributed by atoms with Gasteiger partial charge in [-0.3, -0.25) is 0 Å². The van der Waals surface area contributed by atoms with Crippen molar-refractivity contribution < 1.29 is 18.9 Å². The first-order valence-corrected chi connectivity index (χ1v) is 8.96. The molecule has 7 heteroatoms. The van der Waals surface area contributed by atoms with Crippen LogP contribution in [-0.2, 0) is 14.2 Å². The van der Waals surface area contributed by atoms with E-state index in [0.29, 0.717) is 19.1 Å². The Kier molecular flexibility index (Phi) is 6.50. The van der Waals surface area contributed by atoms with Gasteiger partial charge in [0.25, 0.3) is 0 Å². The molecule has 0 aromatic carbocycles. The smallest absolute Gasteiger partial charge is 0.237 e. The Balaban J connectivity index is 1.52. The second-order valence-corrected chi connectivity index (χ2v) is 6.51. The minimum Gasteiger partial charge on any atom is -0.474 e. The quantitative estimate of drug-likeness (QED) is 0.700. The van der Waals surface area contributed by atoms with Crippen LogP contribution in [0.15, 0.2) is 16.7 Å². The van der Waals surface area contributed by atoms with Gasteiger partial charge in [-0.2, -0.15) is 0 Å². The summed E-state index contributed by atoms with van der Waals surface area (Å²) in [6.07, 6.45) is 4.94. The van der Waals surface area contributed by atoms with E-state index in [9.17, 15) is 0 Å². The van der Waals surface area contributed by atoms with E-state index in [-0.39, 0.29) is 6.29 Å². The van der Waals surface area contributed by atoms with Crippen LogP contribution in [0.25, 0.3) is 0 Å². The van der Waals surface area contributed by atoms with Crippen LogP contribution >= 0.6 is 15.9 Å². The van der Waals surface area contributed by atoms with Crippen LogP contribution in [0.4, 0.5) is 5.69 Å². The van der Waals surface area contributed by atoms with E-state index in [2.05, 4.69) is 25.8 Å². The van der Waals surface area contributed by atoms with Crippen molar-refractivity contribution in [3.05, 3.63) is 16.7 Å². The monoisotopic (exact) mass is 386 g/mol. The van der Waals surface area contributed by atoms with Gasteiger partial charge in [-0.1, -0.05) is 0 Å². The zero-order chi connectivity index (χ0) is 15.9. The molecule has 0 N–H and O–H groups in total. The molecule has 0 amide bonds. The fourth-order valence-electron chi connectivity index (χ4n) is 2.72. The van der Waals surface area contributed by atoms with E-state index in [4.69, 9.17) is 18.9 Å². The van der Waals surface area contributed by atoms with E-state index in [1.54, 1.807) is 6.20 Å². The van der Waals surface area contributed by atoms with Crippen molar-refractivity contribution in [2.45, 2.75) is 25.6 Å². The van der Waals surface area contributed by atoms with Crippen molar-refractivity contribution in [2.75, 3.05) is 51.0 Å². The number of hydrogen-bond donors (Lipinski definition) is 0. The summed E-state index contributed by atoms with van der Waals surface area (Å²) < 4.78 is 23.4. The molecule has 0 saturated carbocycles. The van der Waals surface area contributed by atoms with Gasteiger partial charge in [-0.15, -0.1) is 0 Å². The van der Waals surface area contributed by atoms with E-state index in [0.717, 1.165) is 55.9 Å². The molecule has 23 heavy (non-hydrogen) atoms. The number of rotatable bonds is 6. The van der Waals surface area contributed by atoms with Crippen LogP contribution in [0.5, 0.6) is 5.88 Å². The molecule has 3 heterocycles. The first-order valence-electron chi connectivity index (χ1n) is 8.17. The highest BCUT2D eigenvalue weighted by molar-refractivity contribution is 9.10.